The molecule has 1 aromatic rings. The summed E-state index contributed by atoms with van der Waals surface area (Å²) in [4.78, 5) is 16.2. The van der Waals surface area contributed by atoms with Gasteiger partial charge in [-0.3, -0.25) is 4.79 Å². The van der Waals surface area contributed by atoms with Crippen LogP contribution >= 0.6 is 11.6 Å². The number of hydrogen-bond donors (Lipinski definition) is 0. The minimum atomic E-state index is -0.0741. The molecule has 0 N–H and O–H groups in total. The van der Waals surface area contributed by atoms with Gasteiger partial charge in [0.1, 0.15) is 0 Å². The van der Waals surface area contributed by atoms with E-state index in [1.54, 1.807) is 0 Å². The lowest BCUT2D eigenvalue weighted by Crippen LogP contribution is -2.50. The smallest absolute Gasteiger partial charge is 0.226 e. The number of benzene rings is 1. The molecule has 0 aromatic heterocycles. The fourth-order valence-electron chi connectivity index (χ4n) is 2.20. The molecule has 18 heavy (non-hydrogen) atoms. The molecule has 0 radical (unpaired) electrons. The standard InChI is InChI=1S/C14H19ClN2O/c1-12(11-15)14(18)17-9-7-16(8-10-17)13-5-3-2-4-6-13/h2-6,12H,7-11H2,1H3. The summed E-state index contributed by atoms with van der Waals surface area (Å²) >= 11 is 5.73. The average molecular weight is 267 g/mol. The number of anilines is 1. The van der Waals surface area contributed by atoms with E-state index in [1.165, 1.54) is 5.69 Å². The number of para-hydroxylation sites is 1. The van der Waals surface area contributed by atoms with Crippen molar-refractivity contribution in [2.75, 3.05) is 37.0 Å². The maximum Gasteiger partial charge on any atom is 0.226 e. The van der Waals surface area contributed by atoms with Crippen molar-refractivity contribution in [3.05, 3.63) is 30.3 Å². The highest BCUT2D eigenvalue weighted by Gasteiger charge is 2.24. The van der Waals surface area contributed by atoms with Gasteiger partial charge in [0, 0.05) is 43.7 Å². The Morgan fingerprint density at radius 2 is 1.83 bits per heavy atom. The van der Waals surface area contributed by atoms with Crippen molar-refractivity contribution in [2.45, 2.75) is 6.92 Å². The van der Waals surface area contributed by atoms with Gasteiger partial charge in [-0.1, -0.05) is 25.1 Å². The first-order chi connectivity index (χ1) is 8.72. The summed E-state index contributed by atoms with van der Waals surface area (Å²) in [6.07, 6.45) is 0. The van der Waals surface area contributed by atoms with Gasteiger partial charge < -0.3 is 9.80 Å². The molecule has 1 aliphatic rings. The summed E-state index contributed by atoms with van der Waals surface area (Å²) in [7, 11) is 0. The first kappa shape index (κ1) is 13.2. The molecular weight excluding hydrogens is 248 g/mol. The van der Waals surface area contributed by atoms with E-state index in [-0.39, 0.29) is 11.8 Å². The van der Waals surface area contributed by atoms with Gasteiger partial charge in [0.05, 0.1) is 0 Å². The number of piperazine rings is 1. The second-order valence-electron chi connectivity index (χ2n) is 4.70. The molecule has 1 atom stereocenters. The monoisotopic (exact) mass is 266 g/mol. The Bertz CT molecular complexity index is 388. The van der Waals surface area contributed by atoms with Crippen LogP contribution in [0.1, 0.15) is 6.92 Å². The predicted molar refractivity (Wildman–Crippen MR) is 75.1 cm³/mol. The average Bonchev–Trinajstić information content (AvgIpc) is 2.47. The lowest BCUT2D eigenvalue weighted by Gasteiger charge is -2.37. The molecule has 3 nitrogen and oxygen atoms in total. The third-order valence-electron chi connectivity index (χ3n) is 3.37. The van der Waals surface area contributed by atoms with Crippen LogP contribution in [0, 0.1) is 5.92 Å². The van der Waals surface area contributed by atoms with E-state index in [0.29, 0.717) is 5.88 Å². The van der Waals surface area contributed by atoms with Crippen molar-refractivity contribution in [1.29, 1.82) is 0 Å². The second-order valence-corrected chi connectivity index (χ2v) is 5.01. The summed E-state index contributed by atoms with van der Waals surface area (Å²) in [6.45, 7) is 5.25. The van der Waals surface area contributed by atoms with Gasteiger partial charge in [-0.2, -0.15) is 0 Å². The molecule has 0 saturated carbocycles. The van der Waals surface area contributed by atoms with Crippen molar-refractivity contribution in [1.82, 2.24) is 4.90 Å². The van der Waals surface area contributed by atoms with Crippen LogP contribution in [0.2, 0.25) is 0 Å². The highest BCUT2D eigenvalue weighted by molar-refractivity contribution is 6.19. The summed E-state index contributed by atoms with van der Waals surface area (Å²) in [5, 5.41) is 0. The molecule has 4 heteroatoms. The zero-order valence-electron chi connectivity index (χ0n) is 10.7. The Morgan fingerprint density at radius 1 is 1.22 bits per heavy atom. The third-order valence-corrected chi connectivity index (χ3v) is 3.83. The van der Waals surface area contributed by atoms with Crippen molar-refractivity contribution in [3.8, 4) is 0 Å². The summed E-state index contributed by atoms with van der Waals surface area (Å²) in [5.74, 6) is 0.505. The molecule has 1 unspecified atom stereocenters. The topological polar surface area (TPSA) is 23.6 Å². The SMILES string of the molecule is CC(CCl)C(=O)N1CCN(c2ccccc2)CC1. The van der Waals surface area contributed by atoms with E-state index in [9.17, 15) is 4.79 Å². The number of amides is 1. The Hall–Kier alpha value is -1.22. The highest BCUT2D eigenvalue weighted by Crippen LogP contribution is 2.16. The quantitative estimate of drug-likeness (QED) is 0.783. The molecule has 98 valence electrons. The molecule has 1 aromatic carbocycles. The largest absolute Gasteiger partial charge is 0.368 e. The Balaban J connectivity index is 1.90. The van der Waals surface area contributed by atoms with Crippen molar-refractivity contribution >= 4 is 23.2 Å². The van der Waals surface area contributed by atoms with Crippen LogP contribution in [0.15, 0.2) is 30.3 Å². The number of carbonyl (C=O) groups is 1. The fourth-order valence-corrected chi connectivity index (χ4v) is 2.33. The van der Waals surface area contributed by atoms with Gasteiger partial charge in [0.25, 0.3) is 0 Å². The van der Waals surface area contributed by atoms with Crippen LogP contribution in [-0.4, -0.2) is 42.9 Å². The fraction of sp³-hybridized carbons (Fsp3) is 0.500. The van der Waals surface area contributed by atoms with Gasteiger partial charge in [-0.05, 0) is 12.1 Å². The Labute approximate surface area is 113 Å². The van der Waals surface area contributed by atoms with Crippen LogP contribution in [0.3, 0.4) is 0 Å². The Kier molecular flexibility index (Phi) is 4.48. The van der Waals surface area contributed by atoms with E-state index < -0.39 is 0 Å². The second kappa shape index (κ2) is 6.10. The third kappa shape index (κ3) is 2.96. The normalized spacial score (nSPS) is 17.7. The molecule has 0 bridgehead atoms. The zero-order valence-corrected chi connectivity index (χ0v) is 11.4. The van der Waals surface area contributed by atoms with Gasteiger partial charge in [-0.15, -0.1) is 11.6 Å². The van der Waals surface area contributed by atoms with E-state index in [2.05, 4.69) is 17.0 Å². The molecule has 2 rings (SSSR count). The van der Waals surface area contributed by atoms with Crippen LogP contribution in [0.4, 0.5) is 5.69 Å². The summed E-state index contributed by atoms with van der Waals surface area (Å²) in [6, 6.07) is 10.3. The highest BCUT2D eigenvalue weighted by atomic mass is 35.5. The van der Waals surface area contributed by atoms with Crippen molar-refractivity contribution in [3.63, 3.8) is 0 Å². The zero-order chi connectivity index (χ0) is 13.0. The lowest BCUT2D eigenvalue weighted by molar-refractivity contribution is -0.134. The van der Waals surface area contributed by atoms with Crippen molar-refractivity contribution < 1.29 is 4.79 Å². The van der Waals surface area contributed by atoms with Gasteiger partial charge in [0.2, 0.25) is 5.91 Å². The number of rotatable bonds is 3. The summed E-state index contributed by atoms with van der Waals surface area (Å²) < 4.78 is 0. The van der Waals surface area contributed by atoms with E-state index in [4.69, 9.17) is 11.6 Å². The number of carbonyl (C=O) groups excluding carboxylic acids is 1. The van der Waals surface area contributed by atoms with Crippen LogP contribution in [0.5, 0.6) is 0 Å². The molecule has 1 fully saturated rings. The van der Waals surface area contributed by atoms with Crippen molar-refractivity contribution in [2.24, 2.45) is 5.92 Å². The van der Waals surface area contributed by atoms with Gasteiger partial charge in [0.15, 0.2) is 0 Å². The van der Waals surface area contributed by atoms with Crippen LogP contribution in [-0.2, 0) is 4.79 Å². The number of halogens is 1. The molecule has 1 heterocycles. The molecule has 1 amide bonds. The number of alkyl halides is 1. The molecular formula is C14H19ClN2O. The minimum Gasteiger partial charge on any atom is -0.368 e. The minimum absolute atomic E-state index is 0.0741. The molecule has 1 saturated heterocycles. The lowest BCUT2D eigenvalue weighted by atomic mass is 10.1. The maximum absolute atomic E-state index is 12.0. The van der Waals surface area contributed by atoms with E-state index in [0.717, 1.165) is 26.2 Å². The number of nitrogens with zero attached hydrogens (tertiary/aromatic N) is 2. The van der Waals surface area contributed by atoms with E-state index in [1.807, 2.05) is 30.0 Å². The molecule has 0 aliphatic carbocycles. The number of hydrogen-bond acceptors (Lipinski definition) is 2. The van der Waals surface area contributed by atoms with Crippen LogP contribution < -0.4 is 4.90 Å². The van der Waals surface area contributed by atoms with Crippen LogP contribution in [0.25, 0.3) is 0 Å². The molecule has 1 aliphatic heterocycles. The summed E-state index contributed by atoms with van der Waals surface area (Å²) in [5.41, 5.74) is 1.23. The van der Waals surface area contributed by atoms with Gasteiger partial charge in [-0.25, -0.2) is 0 Å². The Morgan fingerprint density at radius 3 is 2.39 bits per heavy atom. The van der Waals surface area contributed by atoms with E-state index >= 15 is 0 Å². The first-order valence-corrected chi connectivity index (χ1v) is 6.90. The maximum atomic E-state index is 12.0. The predicted octanol–water partition coefficient (Wildman–Crippen LogP) is 2.21. The van der Waals surface area contributed by atoms with Gasteiger partial charge >= 0.3 is 0 Å². The molecule has 0 spiro atoms. The first-order valence-electron chi connectivity index (χ1n) is 6.37.